The molecule has 0 spiro atoms. The lowest BCUT2D eigenvalue weighted by Crippen LogP contribution is -2.47. The maximum atomic E-state index is 13.1. The minimum absolute atomic E-state index is 0. The zero-order valence-electron chi connectivity index (χ0n) is 16.8. The number of nitrogens with one attached hydrogen (secondary N) is 1. The number of carbonyl (C=O) groups excluding carboxylic acids is 1. The van der Waals surface area contributed by atoms with Gasteiger partial charge in [0.05, 0.1) is 35.6 Å². The standard InChI is InChI=1S/C21H25ClFN3O3.H2O/c1-2-28-20-10-19(24)18(22)9-17(20)21(27)25-11-16-13-26(7-8-29-16)12-14-3-5-15(23)6-4-14;/h3-6,9-10,16H,2,7-8,11-13,24H2,1H3,(H,25,27);1H2. The van der Waals surface area contributed by atoms with Crippen LogP contribution in [0.25, 0.3) is 0 Å². The molecule has 0 aromatic heterocycles. The Kier molecular flexibility index (Phi) is 8.86. The van der Waals surface area contributed by atoms with E-state index < -0.39 is 0 Å². The van der Waals surface area contributed by atoms with E-state index in [4.69, 9.17) is 26.8 Å². The molecule has 2 aromatic carbocycles. The first-order chi connectivity index (χ1) is 14.0. The van der Waals surface area contributed by atoms with Gasteiger partial charge in [-0.25, -0.2) is 4.39 Å². The number of nitrogens with two attached hydrogens (primary N) is 1. The molecule has 1 amide bonds. The summed E-state index contributed by atoms with van der Waals surface area (Å²) >= 11 is 6.07. The van der Waals surface area contributed by atoms with E-state index >= 15 is 0 Å². The summed E-state index contributed by atoms with van der Waals surface area (Å²) in [7, 11) is 0. The van der Waals surface area contributed by atoms with Crippen molar-refractivity contribution < 1.29 is 24.1 Å². The van der Waals surface area contributed by atoms with Crippen LogP contribution in [0.5, 0.6) is 5.75 Å². The monoisotopic (exact) mass is 439 g/mol. The minimum Gasteiger partial charge on any atom is -0.493 e. The highest BCUT2D eigenvalue weighted by molar-refractivity contribution is 6.33. The number of carbonyl (C=O) groups is 1. The van der Waals surface area contributed by atoms with Crippen molar-refractivity contribution in [1.82, 2.24) is 10.2 Å². The molecule has 0 bridgehead atoms. The van der Waals surface area contributed by atoms with Crippen LogP contribution in [-0.4, -0.2) is 55.2 Å². The Labute approximate surface area is 180 Å². The van der Waals surface area contributed by atoms with Gasteiger partial charge < -0.3 is 26.0 Å². The van der Waals surface area contributed by atoms with Crippen molar-refractivity contribution in [2.24, 2.45) is 0 Å². The SMILES string of the molecule is CCOc1cc(N)c(Cl)cc1C(=O)NCC1CN(Cc2ccc(F)cc2)CCO1.O. The van der Waals surface area contributed by atoms with Gasteiger partial charge in [0, 0.05) is 32.2 Å². The van der Waals surface area contributed by atoms with Gasteiger partial charge in [0.25, 0.3) is 5.91 Å². The molecule has 1 atom stereocenters. The van der Waals surface area contributed by atoms with Crippen molar-refractivity contribution in [1.29, 1.82) is 0 Å². The lowest BCUT2D eigenvalue weighted by molar-refractivity contribution is -0.0292. The van der Waals surface area contributed by atoms with E-state index in [2.05, 4.69) is 10.2 Å². The van der Waals surface area contributed by atoms with Gasteiger partial charge in [-0.2, -0.15) is 0 Å². The highest BCUT2D eigenvalue weighted by atomic mass is 35.5. The van der Waals surface area contributed by atoms with Crippen LogP contribution in [0.15, 0.2) is 36.4 Å². The van der Waals surface area contributed by atoms with Crippen molar-refractivity contribution in [3.63, 3.8) is 0 Å². The lowest BCUT2D eigenvalue weighted by atomic mass is 10.1. The largest absolute Gasteiger partial charge is 0.493 e. The van der Waals surface area contributed by atoms with E-state index in [0.29, 0.717) is 54.9 Å². The number of anilines is 1. The summed E-state index contributed by atoms with van der Waals surface area (Å²) in [6.07, 6.45) is -0.145. The Hall–Kier alpha value is -2.39. The smallest absolute Gasteiger partial charge is 0.255 e. The number of nitrogens with zero attached hydrogens (tertiary/aromatic N) is 1. The number of hydrogen-bond acceptors (Lipinski definition) is 5. The summed E-state index contributed by atoms with van der Waals surface area (Å²) in [5, 5.41) is 3.19. The summed E-state index contributed by atoms with van der Waals surface area (Å²) in [4.78, 5) is 14.9. The first kappa shape index (κ1) is 23.9. The number of nitrogen functional groups attached to an aromatic ring is 1. The molecule has 0 aliphatic carbocycles. The number of rotatable bonds is 7. The van der Waals surface area contributed by atoms with Gasteiger partial charge in [-0.15, -0.1) is 0 Å². The highest BCUT2D eigenvalue weighted by Gasteiger charge is 2.22. The Morgan fingerprint density at radius 2 is 2.10 bits per heavy atom. The van der Waals surface area contributed by atoms with Gasteiger partial charge in [0.1, 0.15) is 11.6 Å². The van der Waals surface area contributed by atoms with Crippen molar-refractivity contribution in [2.45, 2.75) is 19.6 Å². The number of ether oxygens (including phenoxy) is 2. The van der Waals surface area contributed by atoms with Crippen LogP contribution in [-0.2, 0) is 11.3 Å². The molecule has 1 aliphatic rings. The van der Waals surface area contributed by atoms with Crippen LogP contribution >= 0.6 is 11.6 Å². The number of morpholine rings is 1. The fraction of sp³-hybridized carbons (Fsp3) is 0.381. The average Bonchev–Trinajstić information content (AvgIpc) is 2.71. The van der Waals surface area contributed by atoms with E-state index in [-0.39, 0.29) is 23.3 Å². The van der Waals surface area contributed by atoms with Crippen LogP contribution in [0, 0.1) is 5.82 Å². The Balaban J connectivity index is 0.00000320. The number of hydrogen-bond donors (Lipinski definition) is 2. The molecule has 1 fully saturated rings. The van der Waals surface area contributed by atoms with Gasteiger partial charge in [-0.05, 0) is 30.7 Å². The predicted molar refractivity (Wildman–Crippen MR) is 114 cm³/mol. The molecule has 5 N–H and O–H groups in total. The Morgan fingerprint density at radius 3 is 2.80 bits per heavy atom. The van der Waals surface area contributed by atoms with E-state index in [1.807, 2.05) is 6.92 Å². The maximum absolute atomic E-state index is 13.1. The van der Waals surface area contributed by atoms with Gasteiger partial charge in [0.15, 0.2) is 0 Å². The zero-order chi connectivity index (χ0) is 20.8. The highest BCUT2D eigenvalue weighted by Crippen LogP contribution is 2.29. The lowest BCUT2D eigenvalue weighted by Gasteiger charge is -2.33. The molecule has 1 aliphatic heterocycles. The molecule has 9 heteroatoms. The molecule has 1 heterocycles. The molecule has 0 radical (unpaired) electrons. The topological polar surface area (TPSA) is 108 Å². The van der Waals surface area contributed by atoms with E-state index in [1.54, 1.807) is 18.2 Å². The maximum Gasteiger partial charge on any atom is 0.255 e. The number of halogens is 2. The molecule has 2 aromatic rings. The summed E-state index contributed by atoms with van der Waals surface area (Å²) < 4.78 is 24.4. The quantitative estimate of drug-likeness (QED) is 0.643. The first-order valence-corrected chi connectivity index (χ1v) is 9.92. The van der Waals surface area contributed by atoms with Crippen LogP contribution in [0.2, 0.25) is 5.02 Å². The van der Waals surface area contributed by atoms with Crippen molar-refractivity contribution in [3.05, 3.63) is 58.4 Å². The predicted octanol–water partition coefficient (Wildman–Crippen LogP) is 2.27. The third kappa shape index (κ3) is 6.30. The summed E-state index contributed by atoms with van der Waals surface area (Å²) in [6.45, 7) is 5.31. The van der Waals surface area contributed by atoms with Crippen LogP contribution < -0.4 is 15.8 Å². The molecule has 0 saturated carbocycles. The molecule has 7 nitrogen and oxygen atoms in total. The zero-order valence-corrected chi connectivity index (χ0v) is 17.5. The molecular formula is C21H27ClFN3O4. The van der Waals surface area contributed by atoms with Gasteiger partial charge >= 0.3 is 0 Å². The fourth-order valence-corrected chi connectivity index (χ4v) is 3.38. The van der Waals surface area contributed by atoms with Gasteiger partial charge in [-0.3, -0.25) is 9.69 Å². The van der Waals surface area contributed by atoms with Crippen molar-refractivity contribution >= 4 is 23.2 Å². The van der Waals surface area contributed by atoms with Gasteiger partial charge in [0.2, 0.25) is 0 Å². The Morgan fingerprint density at radius 1 is 1.37 bits per heavy atom. The summed E-state index contributed by atoms with van der Waals surface area (Å²) in [5.41, 5.74) is 7.54. The van der Waals surface area contributed by atoms with Crippen molar-refractivity contribution in [2.75, 3.05) is 38.6 Å². The number of amides is 1. The van der Waals surface area contributed by atoms with Crippen LogP contribution in [0.1, 0.15) is 22.8 Å². The van der Waals surface area contributed by atoms with Crippen LogP contribution in [0.3, 0.4) is 0 Å². The third-order valence-electron chi connectivity index (χ3n) is 4.68. The second-order valence-electron chi connectivity index (χ2n) is 6.87. The molecule has 1 unspecified atom stereocenters. The molecule has 30 heavy (non-hydrogen) atoms. The molecule has 164 valence electrons. The second-order valence-corrected chi connectivity index (χ2v) is 7.27. The van der Waals surface area contributed by atoms with E-state index in [1.165, 1.54) is 18.2 Å². The summed E-state index contributed by atoms with van der Waals surface area (Å²) in [6, 6.07) is 9.55. The van der Waals surface area contributed by atoms with Crippen LogP contribution in [0.4, 0.5) is 10.1 Å². The van der Waals surface area contributed by atoms with Gasteiger partial charge in [-0.1, -0.05) is 23.7 Å². The average molecular weight is 440 g/mol. The molecule has 1 saturated heterocycles. The number of benzene rings is 2. The van der Waals surface area contributed by atoms with Crippen molar-refractivity contribution in [3.8, 4) is 5.75 Å². The first-order valence-electron chi connectivity index (χ1n) is 9.54. The normalized spacial score (nSPS) is 16.6. The minimum atomic E-state index is -0.297. The van der Waals surface area contributed by atoms with E-state index in [0.717, 1.165) is 12.1 Å². The second kappa shape index (κ2) is 11.1. The third-order valence-corrected chi connectivity index (χ3v) is 5.00. The van der Waals surface area contributed by atoms with E-state index in [9.17, 15) is 9.18 Å². The fourth-order valence-electron chi connectivity index (χ4n) is 3.22. The molecule has 3 rings (SSSR count). The molecular weight excluding hydrogens is 413 g/mol. The Bertz CT molecular complexity index is 851. The summed E-state index contributed by atoms with van der Waals surface area (Å²) in [5.74, 6) is -0.144.